The zero-order valence-corrected chi connectivity index (χ0v) is 12.1. The summed E-state index contributed by atoms with van der Waals surface area (Å²) >= 11 is 1.42. The molecule has 0 atom stereocenters. The summed E-state index contributed by atoms with van der Waals surface area (Å²) in [7, 11) is 0. The van der Waals surface area contributed by atoms with Crippen molar-refractivity contribution in [1.29, 1.82) is 0 Å². The van der Waals surface area contributed by atoms with Crippen LogP contribution in [0.1, 0.15) is 12.5 Å². The second-order valence-electron chi connectivity index (χ2n) is 3.81. The molecule has 2 heterocycles. The topological polar surface area (TPSA) is 17.3 Å². The zero-order chi connectivity index (χ0) is 12.2. The molecule has 0 saturated heterocycles. The number of thioether (sulfide) groups is 1. The molecular weight excluding hydrogens is 376 g/mol. The lowest BCUT2D eigenvalue weighted by Gasteiger charge is -2.09. The summed E-state index contributed by atoms with van der Waals surface area (Å²) < 4.78 is 37.9. The number of alkyl halides is 3. The van der Waals surface area contributed by atoms with Crippen molar-refractivity contribution in [1.82, 2.24) is 4.99 Å². The first-order chi connectivity index (χ1) is 7.97. The fraction of sp³-hybridized carbons (Fsp3) is 0.182. The van der Waals surface area contributed by atoms with Gasteiger partial charge < -0.3 is 24.0 Å². The summed E-state index contributed by atoms with van der Waals surface area (Å²) in [6.45, 7) is 1.85. The molecule has 0 amide bonds. The monoisotopic (exact) mass is 383 g/mol. The van der Waals surface area contributed by atoms with Gasteiger partial charge in [-0.1, -0.05) is 0 Å². The lowest BCUT2D eigenvalue weighted by molar-refractivity contribution is -0.137. The van der Waals surface area contributed by atoms with Gasteiger partial charge in [-0.25, -0.2) is 0 Å². The van der Waals surface area contributed by atoms with Gasteiger partial charge in [0.1, 0.15) is 5.70 Å². The van der Waals surface area contributed by atoms with Crippen molar-refractivity contribution in [3.63, 3.8) is 0 Å². The fourth-order valence-corrected chi connectivity index (χ4v) is 2.72. The van der Waals surface area contributed by atoms with Crippen molar-refractivity contribution < 1.29 is 37.1 Å². The van der Waals surface area contributed by atoms with Crippen LogP contribution >= 0.6 is 11.8 Å². The molecule has 0 saturated carbocycles. The Morgan fingerprint density at radius 1 is 1.28 bits per heavy atom. The fourth-order valence-electron chi connectivity index (χ4n) is 1.84. The molecule has 0 spiro atoms. The molecule has 2 aliphatic heterocycles. The number of halogens is 4. The molecule has 0 bridgehead atoms. The molecule has 0 aromatic heterocycles. The number of nitrogens with zero attached hydrogens (tertiary/aromatic N) is 2. The van der Waals surface area contributed by atoms with Crippen LogP contribution in [0.4, 0.5) is 24.5 Å². The van der Waals surface area contributed by atoms with E-state index >= 15 is 0 Å². The Bertz CT molecular complexity index is 566. The number of aliphatic imine (C=N–C) groups is 1. The molecule has 1 aromatic carbocycles. The van der Waals surface area contributed by atoms with Gasteiger partial charge in [0, 0.05) is 11.5 Å². The van der Waals surface area contributed by atoms with Crippen molar-refractivity contribution in [2.24, 2.45) is 0 Å². The Morgan fingerprint density at radius 3 is 2.67 bits per heavy atom. The minimum absolute atomic E-state index is 0. The number of fused-ring (bicyclic) bond motifs is 3. The maximum Gasteiger partial charge on any atom is 0.416 e. The van der Waals surface area contributed by atoms with Crippen molar-refractivity contribution in [3.05, 3.63) is 34.9 Å². The van der Waals surface area contributed by atoms with Crippen LogP contribution in [-0.4, -0.2) is 5.17 Å². The molecule has 95 valence electrons. The maximum absolute atomic E-state index is 12.6. The Balaban J connectivity index is 0.00000120. The number of benzene rings is 1. The third-order valence-corrected chi connectivity index (χ3v) is 3.58. The standard InChI is InChI=1S/C11H7F3N2S.HI/c1-6-5-17-10-15-8-3-2-7(11(12,13)14)4-9(8)16(6)10;/h2-5H,1H3;1H/q+1;/p-1. The van der Waals surface area contributed by atoms with Crippen molar-refractivity contribution in [2.45, 2.75) is 13.1 Å². The van der Waals surface area contributed by atoms with Gasteiger partial charge in [0.25, 0.3) is 0 Å². The molecular formula is C11H7F3IN2S. The number of amidine groups is 1. The highest BCUT2D eigenvalue weighted by Crippen LogP contribution is 2.42. The normalized spacial score (nSPS) is 16.8. The molecule has 0 N–H and O–H groups in total. The average Bonchev–Trinajstić information content (AvgIpc) is 2.76. The first-order valence-corrected chi connectivity index (χ1v) is 5.78. The van der Waals surface area contributed by atoms with Crippen LogP contribution < -0.4 is 33.9 Å². The van der Waals surface area contributed by atoms with Gasteiger partial charge in [-0.2, -0.15) is 18.1 Å². The van der Waals surface area contributed by atoms with E-state index < -0.39 is 11.7 Å². The molecule has 3 rings (SSSR count). The van der Waals surface area contributed by atoms with Gasteiger partial charge in [0.2, 0.25) is 5.69 Å². The van der Waals surface area contributed by atoms with Gasteiger partial charge in [0.15, 0.2) is 5.69 Å². The van der Waals surface area contributed by atoms with E-state index in [1.165, 1.54) is 17.8 Å². The van der Waals surface area contributed by atoms with E-state index in [-0.39, 0.29) is 24.0 Å². The Kier molecular flexibility index (Phi) is 3.39. The molecule has 18 heavy (non-hydrogen) atoms. The minimum Gasteiger partial charge on any atom is -1.00 e. The Labute approximate surface area is 123 Å². The molecule has 0 aliphatic carbocycles. The van der Waals surface area contributed by atoms with E-state index in [1.807, 2.05) is 12.3 Å². The predicted molar refractivity (Wildman–Crippen MR) is 62.1 cm³/mol. The van der Waals surface area contributed by atoms with E-state index in [9.17, 15) is 13.2 Å². The van der Waals surface area contributed by atoms with Gasteiger partial charge in [-0.05, 0) is 35.8 Å². The van der Waals surface area contributed by atoms with Crippen LogP contribution in [0.5, 0.6) is 0 Å². The molecule has 2 nitrogen and oxygen atoms in total. The summed E-state index contributed by atoms with van der Waals surface area (Å²) in [5.74, 6) is 0. The Morgan fingerprint density at radius 2 is 2.00 bits per heavy atom. The van der Waals surface area contributed by atoms with Crippen LogP contribution in [0.3, 0.4) is 0 Å². The number of allylic oxidation sites excluding steroid dienone is 1. The molecule has 1 aromatic rings. The van der Waals surface area contributed by atoms with Gasteiger partial charge in [-0.3, -0.25) is 0 Å². The number of anilines is 1. The highest BCUT2D eigenvalue weighted by molar-refractivity contribution is 8.17. The van der Waals surface area contributed by atoms with Crippen LogP contribution in [0.15, 0.2) is 29.3 Å². The van der Waals surface area contributed by atoms with Crippen LogP contribution in [0.25, 0.3) is 0 Å². The van der Waals surface area contributed by atoms with E-state index in [0.29, 0.717) is 11.4 Å². The molecule has 0 unspecified atom stereocenters. The summed E-state index contributed by atoms with van der Waals surface area (Å²) in [6.07, 6.45) is -4.32. The van der Waals surface area contributed by atoms with E-state index in [2.05, 4.69) is 4.99 Å². The molecule has 7 heteroatoms. The third kappa shape index (κ3) is 2.03. The summed E-state index contributed by atoms with van der Waals surface area (Å²) in [5.41, 5.74) is 1.35. The van der Waals surface area contributed by atoms with Gasteiger partial charge in [0.05, 0.1) is 5.56 Å². The Hall–Kier alpha value is -0.700. The second-order valence-corrected chi connectivity index (χ2v) is 4.64. The summed E-state index contributed by atoms with van der Waals surface area (Å²) in [4.78, 5) is 6.02. The van der Waals surface area contributed by atoms with Crippen LogP contribution in [-0.2, 0) is 6.18 Å². The SMILES string of the molecule is CC1=CSC2=[N+]c3ccc(C(F)(F)F)cc3N12.[I-]. The predicted octanol–water partition coefficient (Wildman–Crippen LogP) is 0.461. The van der Waals surface area contributed by atoms with Crippen LogP contribution in [0.2, 0.25) is 0 Å². The lowest BCUT2D eigenvalue weighted by Crippen LogP contribution is -3.00. The highest BCUT2D eigenvalue weighted by Gasteiger charge is 2.42. The first kappa shape index (κ1) is 13.7. The lowest BCUT2D eigenvalue weighted by atomic mass is 10.1. The first-order valence-electron chi connectivity index (χ1n) is 4.90. The number of hydrogen-bond acceptors (Lipinski definition) is 3. The largest absolute Gasteiger partial charge is 1.00 e. The van der Waals surface area contributed by atoms with E-state index in [4.69, 9.17) is 0 Å². The molecule has 2 aliphatic rings. The maximum atomic E-state index is 12.6. The van der Waals surface area contributed by atoms with Crippen LogP contribution in [0, 0.1) is 0 Å². The minimum atomic E-state index is -4.32. The highest BCUT2D eigenvalue weighted by atomic mass is 127. The second kappa shape index (κ2) is 4.44. The van der Waals surface area contributed by atoms with Crippen molar-refractivity contribution >= 4 is 28.3 Å². The summed E-state index contributed by atoms with van der Waals surface area (Å²) in [5, 5.41) is 2.60. The van der Waals surface area contributed by atoms with E-state index in [1.54, 1.807) is 4.90 Å². The van der Waals surface area contributed by atoms with Crippen molar-refractivity contribution in [2.75, 3.05) is 4.90 Å². The zero-order valence-electron chi connectivity index (χ0n) is 9.12. The van der Waals surface area contributed by atoms with E-state index in [0.717, 1.165) is 23.0 Å². The van der Waals surface area contributed by atoms with Gasteiger partial charge in [-0.15, -0.1) is 0 Å². The summed E-state index contributed by atoms with van der Waals surface area (Å²) in [6, 6.07) is 3.63. The smallest absolute Gasteiger partial charge is 0.416 e. The average molecular weight is 383 g/mol. The third-order valence-electron chi connectivity index (χ3n) is 2.64. The quantitative estimate of drug-likeness (QED) is 0.606. The molecule has 1 radical (unpaired) electrons. The van der Waals surface area contributed by atoms with Gasteiger partial charge >= 0.3 is 11.3 Å². The number of rotatable bonds is 0. The number of hydrogen-bond donors (Lipinski definition) is 0. The molecule has 0 fully saturated rings. The van der Waals surface area contributed by atoms with Crippen molar-refractivity contribution in [3.8, 4) is 0 Å².